The molecule has 3 nitrogen and oxygen atoms in total. The highest BCUT2D eigenvalue weighted by molar-refractivity contribution is 7.22. The number of thiazole rings is 1. The van der Waals surface area contributed by atoms with Crippen molar-refractivity contribution >= 4 is 55.8 Å². The number of amides is 1. The second kappa shape index (κ2) is 7.87. The molecule has 1 aromatic heterocycles. The van der Waals surface area contributed by atoms with Crippen LogP contribution in [0.4, 0.5) is 9.52 Å². The van der Waals surface area contributed by atoms with Crippen LogP contribution in [0, 0.1) is 5.82 Å². The molecule has 0 atom stereocenters. The van der Waals surface area contributed by atoms with E-state index >= 15 is 0 Å². The molecule has 4 aromatic rings. The Morgan fingerprint density at radius 2 is 1.82 bits per heavy atom. The van der Waals surface area contributed by atoms with Gasteiger partial charge in [-0.25, -0.2) is 9.37 Å². The van der Waals surface area contributed by atoms with Crippen LogP contribution in [0.15, 0.2) is 66.7 Å². The van der Waals surface area contributed by atoms with Crippen molar-refractivity contribution in [3.63, 3.8) is 0 Å². The molecule has 0 radical (unpaired) electrons. The fourth-order valence-electron chi connectivity index (χ4n) is 2.80. The van der Waals surface area contributed by atoms with Crippen LogP contribution in [-0.4, -0.2) is 10.9 Å². The third kappa shape index (κ3) is 3.87. The van der Waals surface area contributed by atoms with E-state index in [4.69, 9.17) is 23.2 Å². The molecule has 1 heterocycles. The van der Waals surface area contributed by atoms with Gasteiger partial charge in [0, 0.05) is 5.02 Å². The first-order valence-electron chi connectivity index (χ1n) is 8.38. The highest BCUT2D eigenvalue weighted by atomic mass is 35.5. The molecule has 0 aliphatic rings. The van der Waals surface area contributed by atoms with E-state index in [1.807, 2.05) is 42.5 Å². The molecule has 140 valence electrons. The van der Waals surface area contributed by atoms with Crippen LogP contribution < -0.4 is 4.90 Å². The molecule has 0 aliphatic carbocycles. The van der Waals surface area contributed by atoms with E-state index in [2.05, 4.69) is 4.98 Å². The SMILES string of the molecule is O=C(c1ccc(F)cc1Cl)N(Cc1ccccc1)c1nc2ccc(Cl)cc2s1. The largest absolute Gasteiger partial charge is 0.279 e. The number of rotatable bonds is 4. The molecule has 0 unspecified atom stereocenters. The molecule has 1 amide bonds. The zero-order valence-corrected chi connectivity index (χ0v) is 16.7. The number of aromatic nitrogens is 1. The molecule has 0 N–H and O–H groups in total. The molecule has 0 bridgehead atoms. The van der Waals surface area contributed by atoms with Gasteiger partial charge in [-0.05, 0) is 42.0 Å². The smallest absolute Gasteiger partial charge is 0.261 e. The quantitative estimate of drug-likeness (QED) is 0.365. The van der Waals surface area contributed by atoms with Crippen LogP contribution in [-0.2, 0) is 6.54 Å². The highest BCUT2D eigenvalue weighted by Crippen LogP contribution is 2.33. The lowest BCUT2D eigenvalue weighted by molar-refractivity contribution is 0.0985. The van der Waals surface area contributed by atoms with Crippen molar-refractivity contribution in [3.8, 4) is 0 Å². The van der Waals surface area contributed by atoms with Gasteiger partial charge >= 0.3 is 0 Å². The number of carbonyl (C=O) groups excluding carboxylic acids is 1. The maximum absolute atomic E-state index is 13.4. The molecule has 0 saturated heterocycles. The van der Waals surface area contributed by atoms with Crippen LogP contribution in [0.3, 0.4) is 0 Å². The Hall–Kier alpha value is -2.47. The number of anilines is 1. The predicted molar refractivity (Wildman–Crippen MR) is 113 cm³/mol. The van der Waals surface area contributed by atoms with Gasteiger partial charge in [-0.2, -0.15) is 0 Å². The first kappa shape index (κ1) is 18.9. The van der Waals surface area contributed by atoms with E-state index in [0.29, 0.717) is 16.7 Å². The van der Waals surface area contributed by atoms with Crippen molar-refractivity contribution in [3.05, 3.63) is 93.7 Å². The number of fused-ring (bicyclic) bond motifs is 1. The fourth-order valence-corrected chi connectivity index (χ4v) is 4.29. The van der Waals surface area contributed by atoms with Gasteiger partial charge in [0.1, 0.15) is 5.82 Å². The van der Waals surface area contributed by atoms with E-state index in [1.54, 1.807) is 11.0 Å². The monoisotopic (exact) mass is 430 g/mol. The van der Waals surface area contributed by atoms with E-state index in [9.17, 15) is 9.18 Å². The van der Waals surface area contributed by atoms with Gasteiger partial charge in [0.25, 0.3) is 5.91 Å². The summed E-state index contributed by atoms with van der Waals surface area (Å²) in [5.41, 5.74) is 1.91. The van der Waals surface area contributed by atoms with E-state index in [0.717, 1.165) is 21.8 Å². The van der Waals surface area contributed by atoms with Crippen LogP contribution in [0.5, 0.6) is 0 Å². The lowest BCUT2D eigenvalue weighted by atomic mass is 10.1. The zero-order valence-electron chi connectivity index (χ0n) is 14.4. The molecule has 4 rings (SSSR count). The van der Waals surface area contributed by atoms with Crippen LogP contribution in [0.1, 0.15) is 15.9 Å². The maximum Gasteiger partial charge on any atom is 0.261 e. The van der Waals surface area contributed by atoms with Crippen molar-refractivity contribution in [2.75, 3.05) is 4.90 Å². The van der Waals surface area contributed by atoms with Crippen molar-refractivity contribution in [2.45, 2.75) is 6.54 Å². The van der Waals surface area contributed by atoms with Crippen LogP contribution >= 0.6 is 34.5 Å². The van der Waals surface area contributed by atoms with E-state index in [1.165, 1.54) is 23.5 Å². The van der Waals surface area contributed by atoms with Gasteiger partial charge in [0.15, 0.2) is 5.13 Å². The minimum absolute atomic E-state index is 0.0622. The summed E-state index contributed by atoms with van der Waals surface area (Å²) in [5.74, 6) is -0.843. The van der Waals surface area contributed by atoms with Gasteiger partial charge < -0.3 is 0 Å². The number of benzene rings is 3. The zero-order chi connectivity index (χ0) is 19.7. The molecular weight excluding hydrogens is 418 g/mol. The summed E-state index contributed by atoms with van der Waals surface area (Å²) >= 11 is 13.6. The average Bonchev–Trinajstić information content (AvgIpc) is 3.09. The van der Waals surface area contributed by atoms with Crippen molar-refractivity contribution in [2.24, 2.45) is 0 Å². The lowest BCUT2D eigenvalue weighted by Gasteiger charge is -2.20. The van der Waals surface area contributed by atoms with Crippen LogP contribution in [0.2, 0.25) is 10.0 Å². The Kier molecular flexibility index (Phi) is 5.31. The number of halogens is 3. The predicted octanol–water partition coefficient (Wildman–Crippen LogP) is 6.59. The molecule has 3 aromatic carbocycles. The fraction of sp³-hybridized carbons (Fsp3) is 0.0476. The number of nitrogens with zero attached hydrogens (tertiary/aromatic N) is 2. The Morgan fingerprint density at radius 1 is 1.04 bits per heavy atom. The van der Waals surface area contributed by atoms with Gasteiger partial charge in [-0.1, -0.05) is 64.9 Å². The van der Waals surface area contributed by atoms with Crippen LogP contribution in [0.25, 0.3) is 10.2 Å². The first-order valence-corrected chi connectivity index (χ1v) is 9.95. The van der Waals surface area contributed by atoms with Gasteiger partial charge in [0.05, 0.1) is 27.3 Å². The summed E-state index contributed by atoms with van der Waals surface area (Å²) in [6.07, 6.45) is 0. The van der Waals surface area contributed by atoms with Gasteiger partial charge in [-0.3, -0.25) is 9.69 Å². The summed E-state index contributed by atoms with van der Waals surface area (Å²) in [5, 5.41) is 1.18. The molecule has 7 heteroatoms. The third-order valence-corrected chi connectivity index (χ3v) is 5.75. The molecule has 0 saturated carbocycles. The Morgan fingerprint density at radius 3 is 2.57 bits per heavy atom. The minimum atomic E-state index is -0.495. The molecule has 0 aliphatic heterocycles. The molecule has 0 fully saturated rings. The average molecular weight is 431 g/mol. The normalized spacial score (nSPS) is 11.0. The summed E-state index contributed by atoms with van der Waals surface area (Å²) in [6, 6.07) is 18.7. The maximum atomic E-state index is 13.4. The summed E-state index contributed by atoms with van der Waals surface area (Å²) in [7, 11) is 0. The van der Waals surface area contributed by atoms with Crippen molar-refractivity contribution in [1.29, 1.82) is 0 Å². The highest BCUT2D eigenvalue weighted by Gasteiger charge is 2.24. The Labute approximate surface area is 175 Å². The van der Waals surface area contributed by atoms with Crippen molar-refractivity contribution in [1.82, 2.24) is 4.98 Å². The molecule has 0 spiro atoms. The first-order chi connectivity index (χ1) is 13.5. The van der Waals surface area contributed by atoms with E-state index in [-0.39, 0.29) is 16.5 Å². The standard InChI is InChI=1S/C21H13Cl2FN2OS/c22-14-6-9-18-19(10-14)28-21(25-18)26(12-13-4-2-1-3-5-13)20(27)16-8-7-15(24)11-17(16)23/h1-11H,12H2. The number of hydrogen-bond donors (Lipinski definition) is 0. The Bertz CT molecular complexity index is 1160. The second-order valence-electron chi connectivity index (χ2n) is 6.11. The Balaban J connectivity index is 1.79. The summed E-state index contributed by atoms with van der Waals surface area (Å²) < 4.78 is 14.3. The number of hydrogen-bond acceptors (Lipinski definition) is 3. The van der Waals surface area contributed by atoms with E-state index < -0.39 is 5.82 Å². The lowest BCUT2D eigenvalue weighted by Crippen LogP contribution is -2.30. The topological polar surface area (TPSA) is 33.2 Å². The summed E-state index contributed by atoms with van der Waals surface area (Å²) in [4.78, 5) is 19.4. The second-order valence-corrected chi connectivity index (χ2v) is 7.96. The molecule has 28 heavy (non-hydrogen) atoms. The van der Waals surface area contributed by atoms with Gasteiger partial charge in [-0.15, -0.1) is 0 Å². The van der Waals surface area contributed by atoms with Gasteiger partial charge in [0.2, 0.25) is 0 Å². The van der Waals surface area contributed by atoms with Crippen molar-refractivity contribution < 1.29 is 9.18 Å². The molecular formula is C21H13Cl2FN2OS. The minimum Gasteiger partial charge on any atom is -0.279 e. The summed E-state index contributed by atoms with van der Waals surface area (Å²) in [6.45, 7) is 0.306. The number of carbonyl (C=O) groups is 1. The third-order valence-electron chi connectivity index (χ3n) is 4.16.